The van der Waals surface area contributed by atoms with E-state index in [-0.39, 0.29) is 18.3 Å². The molecule has 0 fully saturated rings. The molecule has 0 aliphatic rings. The van der Waals surface area contributed by atoms with Crippen molar-refractivity contribution in [3.05, 3.63) is 48.0 Å². The molecule has 0 spiro atoms. The van der Waals surface area contributed by atoms with E-state index in [2.05, 4.69) is 15.7 Å². The van der Waals surface area contributed by atoms with Crippen LogP contribution in [0.1, 0.15) is 12.5 Å². The molecule has 2 aromatic rings. The Kier molecular flexibility index (Phi) is 5.61. The van der Waals surface area contributed by atoms with E-state index in [1.807, 2.05) is 0 Å². The molecule has 8 heteroatoms. The van der Waals surface area contributed by atoms with Crippen molar-refractivity contribution in [3.8, 4) is 0 Å². The average molecular weight is 326 g/mol. The number of benzene rings is 1. The molecule has 0 saturated heterocycles. The minimum absolute atomic E-state index is 0.268. The van der Waals surface area contributed by atoms with Crippen LogP contribution in [0, 0.1) is 5.82 Å². The summed E-state index contributed by atoms with van der Waals surface area (Å²) < 4.78 is 38.4. The van der Waals surface area contributed by atoms with Gasteiger partial charge in [-0.15, -0.1) is 0 Å². The largest absolute Gasteiger partial charge is 0.371 e. The van der Waals surface area contributed by atoms with E-state index in [1.165, 1.54) is 24.5 Å². The number of hydrogen-bond acceptors (Lipinski definition) is 3. The number of amides is 1. The molecule has 1 unspecified atom stereocenters. The standard InChI is InChI=1S/C15H17F3N4O/c1-10(21-13-7-20-22(8-13)9-14(17)18)15(23)19-6-11-2-4-12(16)5-3-11/h2-5,7-8,10,14,21H,6,9H2,1H3,(H,19,23). The molecule has 2 rings (SSSR count). The number of anilines is 1. The SMILES string of the molecule is CC(Nc1cnn(CC(F)F)c1)C(=O)NCc1ccc(F)cc1. The normalized spacial score (nSPS) is 12.2. The fourth-order valence-electron chi connectivity index (χ4n) is 1.94. The third-order valence-corrected chi connectivity index (χ3v) is 3.11. The van der Waals surface area contributed by atoms with Crippen LogP contribution in [0.3, 0.4) is 0 Å². The zero-order valence-electron chi connectivity index (χ0n) is 12.5. The number of halogens is 3. The molecule has 0 radical (unpaired) electrons. The van der Waals surface area contributed by atoms with Crippen LogP contribution in [0.4, 0.5) is 18.9 Å². The Balaban J connectivity index is 1.82. The Morgan fingerprint density at radius 1 is 1.30 bits per heavy atom. The Morgan fingerprint density at radius 2 is 2.00 bits per heavy atom. The van der Waals surface area contributed by atoms with Gasteiger partial charge in [-0.1, -0.05) is 12.1 Å². The van der Waals surface area contributed by atoms with Crippen molar-refractivity contribution in [3.63, 3.8) is 0 Å². The van der Waals surface area contributed by atoms with Crippen LogP contribution in [0.25, 0.3) is 0 Å². The van der Waals surface area contributed by atoms with E-state index in [4.69, 9.17) is 0 Å². The van der Waals surface area contributed by atoms with E-state index >= 15 is 0 Å². The second-order valence-corrected chi connectivity index (χ2v) is 5.05. The topological polar surface area (TPSA) is 59.0 Å². The highest BCUT2D eigenvalue weighted by Crippen LogP contribution is 2.09. The van der Waals surface area contributed by atoms with Gasteiger partial charge >= 0.3 is 0 Å². The first kappa shape index (κ1) is 16.9. The second-order valence-electron chi connectivity index (χ2n) is 5.05. The lowest BCUT2D eigenvalue weighted by Crippen LogP contribution is -2.37. The van der Waals surface area contributed by atoms with Crippen molar-refractivity contribution in [2.45, 2.75) is 32.5 Å². The van der Waals surface area contributed by atoms with Crippen LogP contribution < -0.4 is 10.6 Å². The van der Waals surface area contributed by atoms with Gasteiger partial charge in [0.2, 0.25) is 5.91 Å². The number of aromatic nitrogens is 2. The fraction of sp³-hybridized carbons (Fsp3) is 0.333. The van der Waals surface area contributed by atoms with Crippen molar-refractivity contribution < 1.29 is 18.0 Å². The van der Waals surface area contributed by atoms with Gasteiger partial charge in [0, 0.05) is 12.7 Å². The first-order valence-electron chi connectivity index (χ1n) is 7.03. The minimum Gasteiger partial charge on any atom is -0.371 e. The smallest absolute Gasteiger partial charge is 0.257 e. The Morgan fingerprint density at radius 3 is 2.65 bits per heavy atom. The number of carbonyl (C=O) groups is 1. The zero-order chi connectivity index (χ0) is 16.8. The lowest BCUT2D eigenvalue weighted by Gasteiger charge is -2.14. The van der Waals surface area contributed by atoms with E-state index in [1.54, 1.807) is 19.1 Å². The monoisotopic (exact) mass is 326 g/mol. The zero-order valence-corrected chi connectivity index (χ0v) is 12.5. The summed E-state index contributed by atoms with van der Waals surface area (Å²) in [6.45, 7) is 1.42. The highest BCUT2D eigenvalue weighted by Gasteiger charge is 2.13. The van der Waals surface area contributed by atoms with Crippen molar-refractivity contribution in [2.24, 2.45) is 0 Å². The number of hydrogen-bond donors (Lipinski definition) is 2. The molecule has 0 aliphatic heterocycles. The third kappa shape index (κ3) is 5.32. The van der Waals surface area contributed by atoms with E-state index in [0.717, 1.165) is 10.2 Å². The van der Waals surface area contributed by atoms with Crippen LogP contribution in [0.5, 0.6) is 0 Å². The summed E-state index contributed by atoms with van der Waals surface area (Å²) in [5.74, 6) is -0.605. The molecule has 1 aromatic heterocycles. The highest BCUT2D eigenvalue weighted by molar-refractivity contribution is 5.84. The number of nitrogens with one attached hydrogen (secondary N) is 2. The van der Waals surface area contributed by atoms with Gasteiger partial charge in [0.05, 0.1) is 11.9 Å². The van der Waals surface area contributed by atoms with Crippen LogP contribution >= 0.6 is 0 Å². The lowest BCUT2D eigenvalue weighted by molar-refractivity contribution is -0.121. The predicted molar refractivity (Wildman–Crippen MR) is 79.6 cm³/mol. The van der Waals surface area contributed by atoms with Gasteiger partial charge in [-0.3, -0.25) is 9.48 Å². The summed E-state index contributed by atoms with van der Waals surface area (Å²) in [5.41, 5.74) is 1.26. The molecule has 0 aliphatic carbocycles. The van der Waals surface area contributed by atoms with Gasteiger partial charge in [0.15, 0.2) is 0 Å². The van der Waals surface area contributed by atoms with Crippen molar-refractivity contribution in [1.29, 1.82) is 0 Å². The summed E-state index contributed by atoms with van der Waals surface area (Å²) in [5, 5.41) is 9.36. The number of nitrogens with zero attached hydrogens (tertiary/aromatic N) is 2. The number of carbonyl (C=O) groups excluding carboxylic acids is 1. The van der Waals surface area contributed by atoms with Crippen molar-refractivity contribution >= 4 is 11.6 Å². The van der Waals surface area contributed by atoms with Crippen molar-refractivity contribution in [2.75, 3.05) is 5.32 Å². The summed E-state index contributed by atoms with van der Waals surface area (Å²) >= 11 is 0. The minimum atomic E-state index is -2.49. The predicted octanol–water partition coefficient (Wildman–Crippen LogP) is 2.40. The van der Waals surface area contributed by atoms with E-state index in [9.17, 15) is 18.0 Å². The van der Waals surface area contributed by atoms with Gasteiger partial charge in [-0.25, -0.2) is 13.2 Å². The fourth-order valence-corrected chi connectivity index (χ4v) is 1.94. The van der Waals surface area contributed by atoms with E-state index in [0.29, 0.717) is 5.69 Å². The molecule has 124 valence electrons. The van der Waals surface area contributed by atoms with Gasteiger partial charge in [0.1, 0.15) is 18.4 Å². The average Bonchev–Trinajstić information content (AvgIpc) is 2.92. The van der Waals surface area contributed by atoms with Crippen LogP contribution in [0.15, 0.2) is 36.7 Å². The van der Waals surface area contributed by atoms with Crippen LogP contribution in [-0.4, -0.2) is 28.2 Å². The quantitative estimate of drug-likeness (QED) is 0.821. The lowest BCUT2D eigenvalue weighted by atomic mass is 10.2. The molecule has 1 aromatic carbocycles. The molecule has 0 bridgehead atoms. The molecule has 1 heterocycles. The maximum absolute atomic E-state index is 12.8. The first-order chi connectivity index (χ1) is 10.9. The Bertz CT molecular complexity index is 642. The third-order valence-electron chi connectivity index (χ3n) is 3.11. The summed E-state index contributed by atoms with van der Waals surface area (Å²) in [6.07, 6.45) is 0.307. The molecule has 0 saturated carbocycles. The molecular weight excluding hydrogens is 309 g/mol. The molecule has 23 heavy (non-hydrogen) atoms. The maximum Gasteiger partial charge on any atom is 0.257 e. The van der Waals surface area contributed by atoms with Crippen LogP contribution in [-0.2, 0) is 17.9 Å². The van der Waals surface area contributed by atoms with Crippen LogP contribution in [0.2, 0.25) is 0 Å². The molecule has 5 nitrogen and oxygen atoms in total. The number of alkyl halides is 2. The van der Waals surface area contributed by atoms with Gasteiger partial charge in [0.25, 0.3) is 6.43 Å². The molecule has 2 N–H and O–H groups in total. The number of rotatable bonds is 7. The summed E-state index contributed by atoms with van der Waals surface area (Å²) in [7, 11) is 0. The second kappa shape index (κ2) is 7.66. The summed E-state index contributed by atoms with van der Waals surface area (Å²) in [4.78, 5) is 12.0. The Labute approximate surface area is 131 Å². The summed E-state index contributed by atoms with van der Waals surface area (Å²) in [6, 6.07) is 5.24. The van der Waals surface area contributed by atoms with Gasteiger partial charge in [-0.2, -0.15) is 5.10 Å². The van der Waals surface area contributed by atoms with Gasteiger partial charge in [-0.05, 0) is 24.6 Å². The van der Waals surface area contributed by atoms with E-state index < -0.39 is 19.0 Å². The maximum atomic E-state index is 12.8. The van der Waals surface area contributed by atoms with Crippen molar-refractivity contribution in [1.82, 2.24) is 15.1 Å². The Hall–Kier alpha value is -2.51. The van der Waals surface area contributed by atoms with Gasteiger partial charge < -0.3 is 10.6 Å². The molecular formula is C15H17F3N4O. The molecule has 1 amide bonds. The highest BCUT2D eigenvalue weighted by atomic mass is 19.3. The first-order valence-corrected chi connectivity index (χ1v) is 7.03. The molecule has 1 atom stereocenters.